The van der Waals surface area contributed by atoms with E-state index >= 15 is 0 Å². The molecule has 2 aliphatic rings. The smallest absolute Gasteiger partial charge is 0.449 e. The molecule has 2 aromatic carbocycles. The molecule has 3 aromatic rings. The number of benzene rings is 2. The van der Waals surface area contributed by atoms with E-state index in [9.17, 15) is 17.6 Å². The zero-order chi connectivity index (χ0) is 24.0. The zero-order valence-corrected chi connectivity index (χ0v) is 18.6. The molecule has 1 saturated heterocycles. The molecule has 0 bridgehead atoms. The number of aromatic nitrogens is 2. The van der Waals surface area contributed by atoms with E-state index in [1.165, 1.54) is 25.3 Å². The number of imidazole rings is 1. The number of hydrogen-bond donors (Lipinski definition) is 2. The summed E-state index contributed by atoms with van der Waals surface area (Å²) in [5.41, 5.74) is 1.41. The maximum absolute atomic E-state index is 13.9. The fraction of sp³-hybridized carbons (Fsp3) is 0.435. The molecule has 3 unspecified atom stereocenters. The maximum Gasteiger partial charge on any atom is 0.449 e. The Balaban J connectivity index is 1.59. The largest absolute Gasteiger partial charge is 0.497 e. The van der Waals surface area contributed by atoms with Crippen LogP contribution in [0.1, 0.15) is 24.4 Å². The number of alkyl halides is 3. The minimum absolute atomic E-state index is 0.0215. The number of halogens is 4. The first kappa shape index (κ1) is 22.7. The van der Waals surface area contributed by atoms with Gasteiger partial charge < -0.3 is 24.5 Å². The predicted molar refractivity (Wildman–Crippen MR) is 117 cm³/mol. The minimum Gasteiger partial charge on any atom is -0.497 e. The van der Waals surface area contributed by atoms with E-state index in [4.69, 9.17) is 14.2 Å². The minimum atomic E-state index is -4.63. The van der Waals surface area contributed by atoms with E-state index in [0.717, 1.165) is 0 Å². The summed E-state index contributed by atoms with van der Waals surface area (Å²) >= 11 is 0. The van der Waals surface area contributed by atoms with E-state index in [1.807, 2.05) is 6.92 Å². The van der Waals surface area contributed by atoms with Crippen LogP contribution in [-0.4, -0.2) is 60.4 Å². The van der Waals surface area contributed by atoms with Gasteiger partial charge in [0.25, 0.3) is 0 Å². The molecular formula is C23H24F4N4O3. The number of methoxy groups -OCH3 is 1. The van der Waals surface area contributed by atoms with Gasteiger partial charge in [-0.05, 0) is 13.0 Å². The molecule has 11 heteroatoms. The number of fused-ring (bicyclic) bond motifs is 2. The highest BCUT2D eigenvalue weighted by Gasteiger charge is 2.38. The fourth-order valence-electron chi connectivity index (χ4n) is 4.63. The highest BCUT2D eigenvalue weighted by molar-refractivity contribution is 5.90. The highest BCUT2D eigenvalue weighted by Crippen LogP contribution is 2.40. The van der Waals surface area contributed by atoms with Gasteiger partial charge in [0.05, 0.1) is 43.1 Å². The maximum atomic E-state index is 13.9. The lowest BCUT2D eigenvalue weighted by atomic mass is 9.93. The number of nitrogens with zero attached hydrogens (tertiary/aromatic N) is 2. The van der Waals surface area contributed by atoms with Gasteiger partial charge in [-0.2, -0.15) is 13.2 Å². The summed E-state index contributed by atoms with van der Waals surface area (Å²) in [6.07, 6.45) is -4.60. The Bertz CT molecular complexity index is 1200. The third-order valence-corrected chi connectivity index (χ3v) is 6.22. The van der Waals surface area contributed by atoms with Gasteiger partial charge in [-0.1, -0.05) is 6.07 Å². The molecule has 1 fully saturated rings. The van der Waals surface area contributed by atoms with Gasteiger partial charge in [0.1, 0.15) is 29.4 Å². The first-order chi connectivity index (χ1) is 16.2. The summed E-state index contributed by atoms with van der Waals surface area (Å²) in [6, 6.07) is 6.81. The standard InChI is InChI=1S/C23H24F4N4O3/c1-12-10-31(5-6-33-12)18-11-34-19-7-13(24)3-4-15(19)20(18)28-16-8-14(32-2)9-17-21(16)30-22(29-17)23(25,26)27/h3-4,7-9,12,18,20,28H,5-6,10-11H2,1-2H3,(H,29,30). The molecule has 2 aliphatic heterocycles. The summed E-state index contributed by atoms with van der Waals surface area (Å²) < 4.78 is 70.9. The van der Waals surface area contributed by atoms with Crippen molar-refractivity contribution in [3.05, 3.63) is 47.5 Å². The summed E-state index contributed by atoms with van der Waals surface area (Å²) in [5, 5.41) is 3.39. The molecule has 3 heterocycles. The van der Waals surface area contributed by atoms with Gasteiger partial charge in [-0.15, -0.1) is 0 Å². The average Bonchev–Trinajstić information content (AvgIpc) is 3.24. The molecule has 7 nitrogen and oxygen atoms in total. The number of ether oxygens (including phenoxy) is 3. The van der Waals surface area contributed by atoms with Crippen LogP contribution in [0, 0.1) is 5.82 Å². The van der Waals surface area contributed by atoms with Crippen molar-refractivity contribution >= 4 is 16.7 Å². The van der Waals surface area contributed by atoms with Crippen molar-refractivity contribution in [2.24, 2.45) is 0 Å². The van der Waals surface area contributed by atoms with Crippen molar-refractivity contribution in [1.82, 2.24) is 14.9 Å². The molecule has 0 aliphatic carbocycles. The van der Waals surface area contributed by atoms with Crippen LogP contribution >= 0.6 is 0 Å². The topological polar surface area (TPSA) is 71.6 Å². The molecule has 0 saturated carbocycles. The second kappa shape index (κ2) is 8.62. The molecule has 0 radical (unpaired) electrons. The number of nitrogens with one attached hydrogen (secondary N) is 2. The second-order valence-electron chi connectivity index (χ2n) is 8.51. The lowest BCUT2D eigenvalue weighted by Crippen LogP contribution is -2.54. The van der Waals surface area contributed by atoms with Crippen molar-refractivity contribution in [2.75, 3.05) is 38.7 Å². The van der Waals surface area contributed by atoms with Crippen LogP contribution in [0.3, 0.4) is 0 Å². The predicted octanol–water partition coefficient (Wildman–Crippen LogP) is 4.36. The first-order valence-corrected chi connectivity index (χ1v) is 10.9. The quantitative estimate of drug-likeness (QED) is 0.541. The number of rotatable bonds is 4. The molecule has 1 aromatic heterocycles. The summed E-state index contributed by atoms with van der Waals surface area (Å²) in [4.78, 5) is 8.38. The first-order valence-electron chi connectivity index (χ1n) is 10.9. The van der Waals surface area contributed by atoms with Gasteiger partial charge in [0.15, 0.2) is 0 Å². The Hall–Kier alpha value is -3.05. The Kier molecular flexibility index (Phi) is 5.76. The Morgan fingerprint density at radius 3 is 2.79 bits per heavy atom. The van der Waals surface area contributed by atoms with Gasteiger partial charge in [-0.3, -0.25) is 4.90 Å². The second-order valence-corrected chi connectivity index (χ2v) is 8.51. The highest BCUT2D eigenvalue weighted by atomic mass is 19.4. The third-order valence-electron chi connectivity index (χ3n) is 6.22. The van der Waals surface area contributed by atoms with Crippen molar-refractivity contribution in [3.8, 4) is 11.5 Å². The van der Waals surface area contributed by atoms with Crippen molar-refractivity contribution < 1.29 is 31.8 Å². The third kappa shape index (κ3) is 4.25. The summed E-state index contributed by atoms with van der Waals surface area (Å²) in [5.74, 6) is -0.754. The lowest BCUT2D eigenvalue weighted by Gasteiger charge is -2.44. The van der Waals surface area contributed by atoms with Crippen molar-refractivity contribution in [1.29, 1.82) is 0 Å². The van der Waals surface area contributed by atoms with Gasteiger partial charge in [-0.25, -0.2) is 9.37 Å². The molecule has 5 rings (SSSR count). The van der Waals surface area contributed by atoms with Crippen LogP contribution in [0.25, 0.3) is 11.0 Å². The molecular weight excluding hydrogens is 456 g/mol. The number of hydrogen-bond acceptors (Lipinski definition) is 6. The molecule has 3 atom stereocenters. The lowest BCUT2D eigenvalue weighted by molar-refractivity contribution is -0.144. The van der Waals surface area contributed by atoms with Crippen LogP contribution in [-0.2, 0) is 10.9 Å². The van der Waals surface area contributed by atoms with Crippen LogP contribution in [0.4, 0.5) is 23.2 Å². The van der Waals surface area contributed by atoms with Crippen LogP contribution in [0.5, 0.6) is 11.5 Å². The molecule has 2 N–H and O–H groups in total. The normalized spacial score (nSPS) is 23.4. The van der Waals surface area contributed by atoms with E-state index in [-0.39, 0.29) is 29.8 Å². The number of anilines is 1. The Labute approximate surface area is 193 Å². The SMILES string of the molecule is COc1cc(NC2c3ccc(F)cc3OCC2N2CCOC(C)C2)c2nc(C(F)(F)F)[nH]c2c1. The number of aromatic amines is 1. The molecule has 34 heavy (non-hydrogen) atoms. The number of H-pyrrole nitrogens is 1. The van der Waals surface area contributed by atoms with Gasteiger partial charge >= 0.3 is 6.18 Å². The molecule has 0 amide bonds. The summed E-state index contributed by atoms with van der Waals surface area (Å²) in [6.45, 7) is 4.15. The fourth-order valence-corrected chi connectivity index (χ4v) is 4.63. The molecule has 0 spiro atoms. The monoisotopic (exact) mass is 480 g/mol. The molecule has 182 valence electrons. The van der Waals surface area contributed by atoms with Crippen molar-refractivity contribution in [2.45, 2.75) is 31.3 Å². The Morgan fingerprint density at radius 2 is 2.06 bits per heavy atom. The van der Waals surface area contributed by atoms with E-state index < -0.39 is 23.9 Å². The van der Waals surface area contributed by atoms with E-state index in [1.54, 1.807) is 12.1 Å². The van der Waals surface area contributed by atoms with Crippen LogP contribution in [0.2, 0.25) is 0 Å². The van der Waals surface area contributed by atoms with Crippen LogP contribution < -0.4 is 14.8 Å². The van der Waals surface area contributed by atoms with E-state index in [2.05, 4.69) is 20.2 Å². The van der Waals surface area contributed by atoms with Crippen molar-refractivity contribution in [3.63, 3.8) is 0 Å². The van der Waals surface area contributed by atoms with E-state index in [0.29, 0.717) is 42.4 Å². The zero-order valence-electron chi connectivity index (χ0n) is 18.6. The number of morpholine rings is 1. The van der Waals surface area contributed by atoms with Gasteiger partial charge in [0, 0.05) is 36.9 Å². The average molecular weight is 480 g/mol. The van der Waals surface area contributed by atoms with Gasteiger partial charge in [0.2, 0.25) is 5.82 Å². The summed E-state index contributed by atoms with van der Waals surface area (Å²) in [7, 11) is 1.44. The van der Waals surface area contributed by atoms with Crippen LogP contribution in [0.15, 0.2) is 30.3 Å². The Morgan fingerprint density at radius 1 is 1.24 bits per heavy atom.